The molecular weight excluding hydrogens is 589 g/mol. The Balaban J connectivity index is 1.51. The van der Waals surface area contributed by atoms with Crippen molar-refractivity contribution in [2.75, 3.05) is 23.4 Å². The Morgan fingerprint density at radius 1 is 1.07 bits per heavy atom. The van der Waals surface area contributed by atoms with E-state index in [0.717, 1.165) is 10.1 Å². The number of hydrogen-bond donors (Lipinski definition) is 2. The topological polar surface area (TPSA) is 167 Å². The van der Waals surface area contributed by atoms with Gasteiger partial charge in [-0.3, -0.25) is 29.6 Å². The van der Waals surface area contributed by atoms with E-state index >= 15 is 0 Å². The van der Waals surface area contributed by atoms with Gasteiger partial charge in [0.2, 0.25) is 11.0 Å². The molecule has 2 amide bonds. The van der Waals surface area contributed by atoms with Gasteiger partial charge in [-0.1, -0.05) is 47.9 Å². The lowest BCUT2D eigenvalue weighted by Crippen LogP contribution is -2.25. The number of nitro groups is 1. The zero-order valence-corrected chi connectivity index (χ0v) is 24.8. The number of benzene rings is 2. The lowest BCUT2D eigenvalue weighted by atomic mass is 10.1. The van der Waals surface area contributed by atoms with Crippen molar-refractivity contribution in [3.63, 3.8) is 0 Å². The molecule has 0 aliphatic carbocycles. The summed E-state index contributed by atoms with van der Waals surface area (Å²) >= 11 is 4.02. The minimum absolute atomic E-state index is 0.0177. The number of rotatable bonds is 13. The molecule has 2 aromatic carbocycles. The maximum atomic E-state index is 12.8. The standard InChI is InChI=1S/C25H26N8O5S3/c1-4-38-18-10-8-17(9-11-18)32-20(13-26-22(35)16-7-6-15(3)19(12-16)33(36)37)28-30-24(32)40-14-21(34)27-23-29-31-25(41-23)39-5-2/h6-12H,4-5,13-14H2,1-3H3,(H,26,35)(H,27,29,34). The van der Waals surface area contributed by atoms with Gasteiger partial charge in [-0.2, -0.15) is 0 Å². The number of carbonyl (C=O) groups is 2. The van der Waals surface area contributed by atoms with E-state index in [1.165, 1.54) is 41.3 Å². The molecule has 0 saturated carbocycles. The molecule has 0 radical (unpaired) electrons. The molecule has 0 aliphatic heterocycles. The van der Waals surface area contributed by atoms with E-state index in [9.17, 15) is 19.7 Å². The number of ether oxygens (including phenoxy) is 1. The highest BCUT2D eigenvalue weighted by molar-refractivity contribution is 8.01. The number of nitrogens with zero attached hydrogens (tertiary/aromatic N) is 6. The summed E-state index contributed by atoms with van der Waals surface area (Å²) in [5, 5.41) is 34.2. The minimum atomic E-state index is -0.525. The van der Waals surface area contributed by atoms with Crippen molar-refractivity contribution in [1.29, 1.82) is 0 Å². The lowest BCUT2D eigenvalue weighted by Gasteiger charge is -2.12. The molecule has 4 aromatic rings. The molecule has 2 aromatic heterocycles. The molecule has 0 spiro atoms. The first-order valence-corrected chi connectivity index (χ1v) is 15.2. The molecule has 0 saturated heterocycles. The van der Waals surface area contributed by atoms with Gasteiger partial charge in [-0.15, -0.1) is 20.4 Å². The maximum absolute atomic E-state index is 12.8. The Morgan fingerprint density at radius 2 is 1.85 bits per heavy atom. The molecule has 13 nitrogen and oxygen atoms in total. The number of nitro benzene ring substituents is 1. The normalized spacial score (nSPS) is 10.8. The van der Waals surface area contributed by atoms with Crippen LogP contribution in [0.4, 0.5) is 10.8 Å². The van der Waals surface area contributed by atoms with Crippen molar-refractivity contribution in [3.8, 4) is 11.4 Å². The van der Waals surface area contributed by atoms with E-state index in [2.05, 4.69) is 31.0 Å². The number of aryl methyl sites for hydroxylation is 1. The van der Waals surface area contributed by atoms with Crippen LogP contribution in [0.3, 0.4) is 0 Å². The lowest BCUT2D eigenvalue weighted by molar-refractivity contribution is -0.385. The summed E-state index contributed by atoms with van der Waals surface area (Å²) < 4.78 is 8.04. The SMILES string of the molecule is CCOc1ccc(-n2c(CNC(=O)c3ccc(C)c([N+](=O)[O-])c3)nnc2SCC(=O)Nc2nnc(SCC)s2)cc1. The second-order valence-corrected chi connectivity index (χ2v) is 11.7. The van der Waals surface area contributed by atoms with Gasteiger partial charge in [-0.25, -0.2) is 0 Å². The third-order valence-electron chi connectivity index (χ3n) is 5.43. The Morgan fingerprint density at radius 3 is 2.56 bits per heavy atom. The van der Waals surface area contributed by atoms with Crippen LogP contribution in [-0.4, -0.2) is 59.8 Å². The van der Waals surface area contributed by atoms with Gasteiger partial charge in [0.1, 0.15) is 5.75 Å². The summed E-state index contributed by atoms with van der Waals surface area (Å²) in [5.74, 6) is 1.19. The van der Waals surface area contributed by atoms with E-state index in [1.807, 2.05) is 26.0 Å². The smallest absolute Gasteiger partial charge is 0.273 e. The molecule has 0 bridgehead atoms. The third-order valence-corrected chi connectivity index (χ3v) is 8.22. The van der Waals surface area contributed by atoms with E-state index in [0.29, 0.717) is 39.7 Å². The molecule has 2 N–H and O–H groups in total. The van der Waals surface area contributed by atoms with Gasteiger partial charge in [-0.05, 0) is 49.9 Å². The largest absolute Gasteiger partial charge is 0.494 e. The van der Waals surface area contributed by atoms with Crippen LogP contribution in [0.15, 0.2) is 52.0 Å². The average molecular weight is 615 g/mol. The number of hydrogen-bond acceptors (Lipinski definition) is 12. The van der Waals surface area contributed by atoms with Crippen LogP contribution in [0.1, 0.15) is 35.6 Å². The van der Waals surface area contributed by atoms with Crippen molar-refractivity contribution < 1.29 is 19.2 Å². The van der Waals surface area contributed by atoms with Crippen LogP contribution in [0.5, 0.6) is 5.75 Å². The Hall–Kier alpha value is -4.02. The van der Waals surface area contributed by atoms with Crippen molar-refractivity contribution in [3.05, 3.63) is 69.5 Å². The summed E-state index contributed by atoms with van der Waals surface area (Å²) in [6.45, 7) is 6.01. The first-order valence-electron chi connectivity index (χ1n) is 12.4. The van der Waals surface area contributed by atoms with E-state index in [4.69, 9.17) is 4.74 Å². The number of amides is 2. The van der Waals surface area contributed by atoms with E-state index in [-0.39, 0.29) is 29.5 Å². The third kappa shape index (κ3) is 7.80. The van der Waals surface area contributed by atoms with Gasteiger partial charge in [0.25, 0.3) is 11.6 Å². The van der Waals surface area contributed by atoms with Crippen LogP contribution in [0.2, 0.25) is 0 Å². The van der Waals surface area contributed by atoms with Crippen molar-refractivity contribution in [2.45, 2.75) is 36.8 Å². The Bertz CT molecular complexity index is 1540. The quantitative estimate of drug-likeness (QED) is 0.0941. The maximum Gasteiger partial charge on any atom is 0.273 e. The highest BCUT2D eigenvalue weighted by Gasteiger charge is 2.19. The molecule has 0 fully saturated rings. The van der Waals surface area contributed by atoms with Gasteiger partial charge in [0.15, 0.2) is 15.3 Å². The fourth-order valence-electron chi connectivity index (χ4n) is 3.56. The summed E-state index contributed by atoms with van der Waals surface area (Å²) in [6.07, 6.45) is 0. The predicted octanol–water partition coefficient (Wildman–Crippen LogP) is 4.51. The van der Waals surface area contributed by atoms with E-state index < -0.39 is 10.8 Å². The molecule has 2 heterocycles. The Kier molecular flexibility index (Phi) is 10.3. The predicted molar refractivity (Wildman–Crippen MR) is 157 cm³/mol. The second-order valence-electron chi connectivity index (χ2n) is 8.25. The highest BCUT2D eigenvalue weighted by Crippen LogP contribution is 2.27. The van der Waals surface area contributed by atoms with Crippen LogP contribution >= 0.6 is 34.9 Å². The first-order chi connectivity index (χ1) is 19.8. The minimum Gasteiger partial charge on any atom is -0.494 e. The van der Waals surface area contributed by atoms with Crippen LogP contribution in [-0.2, 0) is 11.3 Å². The highest BCUT2D eigenvalue weighted by atomic mass is 32.2. The van der Waals surface area contributed by atoms with E-state index in [1.54, 1.807) is 35.4 Å². The van der Waals surface area contributed by atoms with Crippen molar-refractivity contribution in [1.82, 2.24) is 30.3 Å². The molecule has 4 rings (SSSR count). The molecule has 41 heavy (non-hydrogen) atoms. The number of thioether (sulfide) groups is 2. The number of aromatic nitrogens is 5. The molecule has 0 unspecified atom stereocenters. The molecular formula is C25H26N8O5S3. The zero-order chi connectivity index (χ0) is 29.4. The monoisotopic (exact) mass is 614 g/mol. The fraction of sp³-hybridized carbons (Fsp3) is 0.280. The number of anilines is 1. The van der Waals surface area contributed by atoms with Crippen molar-refractivity contribution in [2.24, 2.45) is 0 Å². The summed E-state index contributed by atoms with van der Waals surface area (Å²) in [4.78, 5) is 36.2. The molecule has 214 valence electrons. The number of carbonyl (C=O) groups excluding carboxylic acids is 2. The van der Waals surface area contributed by atoms with Gasteiger partial charge < -0.3 is 10.1 Å². The Labute approximate surface area is 247 Å². The second kappa shape index (κ2) is 14.0. The van der Waals surface area contributed by atoms with Gasteiger partial charge >= 0.3 is 0 Å². The fourth-order valence-corrected chi connectivity index (χ4v) is 6.00. The molecule has 16 heteroatoms. The van der Waals surface area contributed by atoms with Crippen LogP contribution in [0, 0.1) is 17.0 Å². The summed E-state index contributed by atoms with van der Waals surface area (Å²) in [6, 6.07) is 11.5. The van der Waals surface area contributed by atoms with Gasteiger partial charge in [0, 0.05) is 22.9 Å². The first kappa shape index (κ1) is 30.0. The van der Waals surface area contributed by atoms with Crippen molar-refractivity contribution >= 4 is 57.5 Å². The van der Waals surface area contributed by atoms with Crippen LogP contribution in [0.25, 0.3) is 5.69 Å². The molecule has 0 atom stereocenters. The summed E-state index contributed by atoms with van der Waals surface area (Å²) in [7, 11) is 0. The molecule has 0 aliphatic rings. The summed E-state index contributed by atoms with van der Waals surface area (Å²) in [5.41, 5.74) is 1.17. The van der Waals surface area contributed by atoms with Crippen LogP contribution < -0.4 is 15.4 Å². The average Bonchev–Trinajstić information content (AvgIpc) is 3.58. The zero-order valence-electron chi connectivity index (χ0n) is 22.3. The van der Waals surface area contributed by atoms with Gasteiger partial charge in [0.05, 0.1) is 23.8 Å². The number of nitrogens with one attached hydrogen (secondary N) is 2.